The highest BCUT2D eigenvalue weighted by Crippen LogP contribution is 2.28. The van der Waals surface area contributed by atoms with Gasteiger partial charge >= 0.3 is 0 Å². The van der Waals surface area contributed by atoms with Gasteiger partial charge in [0.1, 0.15) is 5.03 Å². The number of halogens is 1. The van der Waals surface area contributed by atoms with Crippen LogP contribution in [0.2, 0.25) is 5.02 Å². The molecule has 18 heavy (non-hydrogen) atoms. The lowest BCUT2D eigenvalue weighted by atomic mass is 10.3. The van der Waals surface area contributed by atoms with Crippen molar-refractivity contribution in [2.45, 2.75) is 9.92 Å². The Bertz CT molecular complexity index is 574. The van der Waals surface area contributed by atoms with E-state index in [-0.39, 0.29) is 5.84 Å². The number of aromatic nitrogens is 2. The lowest BCUT2D eigenvalue weighted by Crippen LogP contribution is -2.15. The number of rotatable bonds is 3. The predicted molar refractivity (Wildman–Crippen MR) is 70.1 cm³/mol. The molecule has 3 N–H and O–H groups in total. The van der Waals surface area contributed by atoms with E-state index in [1.165, 1.54) is 18.0 Å². The quantitative estimate of drug-likeness (QED) is 0.390. The van der Waals surface area contributed by atoms with Crippen LogP contribution in [0.4, 0.5) is 0 Å². The molecular formula is C11H9ClN4OS. The molecule has 2 rings (SSSR count). The van der Waals surface area contributed by atoms with Crippen LogP contribution in [0.15, 0.2) is 51.6 Å². The molecule has 0 unspecified atom stereocenters. The van der Waals surface area contributed by atoms with Crippen molar-refractivity contribution in [1.82, 2.24) is 10.2 Å². The normalized spacial score (nSPS) is 11.5. The third-order valence-corrected chi connectivity index (χ3v) is 3.35. The Kier molecular flexibility index (Phi) is 4.01. The fraction of sp³-hybridized carbons (Fsp3) is 0. The molecular weight excluding hydrogens is 272 g/mol. The van der Waals surface area contributed by atoms with Crippen molar-refractivity contribution in [2.24, 2.45) is 10.9 Å². The third kappa shape index (κ3) is 2.91. The standard InChI is InChI=1S/C11H9ClN4OS/c12-7-1-3-8(4-2-7)18-11-9(10(13)16-17)5-6-14-15-11/h1-6,17H,(H2,13,16). The zero-order valence-electron chi connectivity index (χ0n) is 9.12. The molecule has 1 aromatic carbocycles. The average molecular weight is 281 g/mol. The first-order valence-corrected chi connectivity index (χ1v) is 6.13. The van der Waals surface area contributed by atoms with Crippen molar-refractivity contribution in [2.75, 3.05) is 0 Å². The van der Waals surface area contributed by atoms with Crippen LogP contribution in [0.3, 0.4) is 0 Å². The number of hydrogen-bond acceptors (Lipinski definition) is 5. The first kappa shape index (κ1) is 12.7. The Morgan fingerprint density at radius 1 is 1.28 bits per heavy atom. The Balaban J connectivity index is 2.32. The van der Waals surface area contributed by atoms with Gasteiger partial charge in [-0.3, -0.25) is 0 Å². The van der Waals surface area contributed by atoms with Crippen LogP contribution >= 0.6 is 23.4 Å². The number of oxime groups is 1. The molecule has 0 aliphatic carbocycles. The van der Waals surface area contributed by atoms with Gasteiger partial charge in [0.25, 0.3) is 0 Å². The number of benzene rings is 1. The maximum Gasteiger partial charge on any atom is 0.172 e. The molecule has 0 bridgehead atoms. The number of hydrogen-bond donors (Lipinski definition) is 2. The van der Waals surface area contributed by atoms with Crippen LogP contribution in [0.25, 0.3) is 0 Å². The van der Waals surface area contributed by atoms with Crippen molar-refractivity contribution in [3.05, 3.63) is 47.1 Å². The average Bonchev–Trinajstić information content (AvgIpc) is 2.41. The van der Waals surface area contributed by atoms with E-state index in [0.717, 1.165) is 4.90 Å². The highest BCUT2D eigenvalue weighted by atomic mass is 35.5. The van der Waals surface area contributed by atoms with Crippen molar-refractivity contribution in [3.8, 4) is 0 Å². The molecule has 0 spiro atoms. The minimum Gasteiger partial charge on any atom is -0.409 e. The molecule has 2 aromatic rings. The molecule has 1 aromatic heterocycles. The van der Waals surface area contributed by atoms with Crippen LogP contribution in [-0.2, 0) is 0 Å². The first-order chi connectivity index (χ1) is 8.70. The van der Waals surface area contributed by atoms with Gasteiger partial charge in [0.15, 0.2) is 5.84 Å². The second-order valence-electron chi connectivity index (χ2n) is 3.29. The van der Waals surface area contributed by atoms with E-state index in [1.807, 2.05) is 12.1 Å². The summed E-state index contributed by atoms with van der Waals surface area (Å²) in [6.07, 6.45) is 1.49. The van der Waals surface area contributed by atoms with Gasteiger partial charge in [-0.1, -0.05) is 28.5 Å². The van der Waals surface area contributed by atoms with E-state index >= 15 is 0 Å². The van der Waals surface area contributed by atoms with Gasteiger partial charge in [-0.2, -0.15) is 5.10 Å². The van der Waals surface area contributed by atoms with Crippen LogP contribution in [-0.4, -0.2) is 21.2 Å². The first-order valence-electron chi connectivity index (χ1n) is 4.93. The second-order valence-corrected chi connectivity index (χ2v) is 4.79. The summed E-state index contributed by atoms with van der Waals surface area (Å²) >= 11 is 7.17. The van der Waals surface area contributed by atoms with Crippen molar-refractivity contribution >= 4 is 29.2 Å². The Morgan fingerprint density at radius 3 is 2.67 bits per heavy atom. The van der Waals surface area contributed by atoms with Gasteiger partial charge in [0.05, 0.1) is 11.8 Å². The summed E-state index contributed by atoms with van der Waals surface area (Å²) in [5.74, 6) is 0.00126. The summed E-state index contributed by atoms with van der Waals surface area (Å²) in [5, 5.41) is 20.7. The van der Waals surface area contributed by atoms with Crippen molar-refractivity contribution in [1.29, 1.82) is 0 Å². The summed E-state index contributed by atoms with van der Waals surface area (Å²) < 4.78 is 0. The molecule has 0 atom stereocenters. The van der Waals surface area contributed by atoms with E-state index in [9.17, 15) is 0 Å². The molecule has 0 fully saturated rings. The maximum atomic E-state index is 8.70. The van der Waals surface area contributed by atoms with Gasteiger partial charge in [-0.05, 0) is 30.3 Å². The summed E-state index contributed by atoms with van der Waals surface area (Å²) in [4.78, 5) is 0.937. The molecule has 0 aliphatic heterocycles. The highest BCUT2D eigenvalue weighted by Gasteiger charge is 2.10. The summed E-state index contributed by atoms with van der Waals surface area (Å²) in [6.45, 7) is 0. The van der Waals surface area contributed by atoms with Crippen LogP contribution in [0.5, 0.6) is 0 Å². The zero-order chi connectivity index (χ0) is 13.0. The molecule has 0 saturated heterocycles. The molecule has 0 saturated carbocycles. The Labute approximate surface area is 113 Å². The van der Waals surface area contributed by atoms with Gasteiger partial charge in [-0.25, -0.2) is 0 Å². The van der Waals surface area contributed by atoms with Gasteiger partial charge in [-0.15, -0.1) is 5.10 Å². The fourth-order valence-electron chi connectivity index (χ4n) is 1.26. The lowest BCUT2D eigenvalue weighted by Gasteiger charge is -2.05. The monoisotopic (exact) mass is 280 g/mol. The van der Waals surface area contributed by atoms with E-state index in [4.69, 9.17) is 22.5 Å². The molecule has 5 nitrogen and oxygen atoms in total. The molecule has 7 heteroatoms. The summed E-state index contributed by atoms with van der Waals surface area (Å²) in [6, 6.07) is 8.92. The van der Waals surface area contributed by atoms with Gasteiger partial charge in [0.2, 0.25) is 0 Å². The lowest BCUT2D eigenvalue weighted by molar-refractivity contribution is 0.318. The minimum atomic E-state index is 0.00126. The molecule has 0 aliphatic rings. The third-order valence-electron chi connectivity index (χ3n) is 2.10. The van der Waals surface area contributed by atoms with E-state index in [2.05, 4.69) is 15.4 Å². The number of amidine groups is 1. The number of nitrogens with zero attached hydrogens (tertiary/aromatic N) is 3. The predicted octanol–water partition coefficient (Wildman–Crippen LogP) is 2.38. The molecule has 0 amide bonds. The second kappa shape index (κ2) is 5.70. The SMILES string of the molecule is N/C(=N/O)c1ccnnc1Sc1ccc(Cl)cc1. The smallest absolute Gasteiger partial charge is 0.172 e. The van der Waals surface area contributed by atoms with E-state index in [1.54, 1.807) is 18.2 Å². The van der Waals surface area contributed by atoms with Crippen molar-refractivity contribution < 1.29 is 5.21 Å². The van der Waals surface area contributed by atoms with Crippen LogP contribution in [0, 0.1) is 0 Å². The van der Waals surface area contributed by atoms with Crippen molar-refractivity contribution in [3.63, 3.8) is 0 Å². The maximum absolute atomic E-state index is 8.70. The highest BCUT2D eigenvalue weighted by molar-refractivity contribution is 7.99. The molecule has 0 radical (unpaired) electrons. The topological polar surface area (TPSA) is 84.4 Å². The Morgan fingerprint density at radius 2 is 2.00 bits per heavy atom. The van der Waals surface area contributed by atoms with Gasteiger partial charge < -0.3 is 10.9 Å². The molecule has 1 heterocycles. The Hall–Kier alpha value is -1.79. The van der Waals surface area contributed by atoms with Gasteiger partial charge in [0, 0.05) is 9.92 Å². The molecule has 92 valence electrons. The van der Waals surface area contributed by atoms with E-state index in [0.29, 0.717) is 15.6 Å². The summed E-state index contributed by atoms with van der Waals surface area (Å²) in [7, 11) is 0. The largest absolute Gasteiger partial charge is 0.409 e. The number of nitrogens with two attached hydrogens (primary N) is 1. The fourth-order valence-corrected chi connectivity index (χ4v) is 2.25. The van der Waals surface area contributed by atoms with Crippen LogP contribution in [0.1, 0.15) is 5.56 Å². The van der Waals surface area contributed by atoms with Crippen LogP contribution < -0.4 is 5.73 Å². The zero-order valence-corrected chi connectivity index (χ0v) is 10.7. The summed E-state index contributed by atoms with van der Waals surface area (Å²) in [5.41, 5.74) is 6.11. The minimum absolute atomic E-state index is 0.00126. The van der Waals surface area contributed by atoms with E-state index < -0.39 is 0 Å².